The van der Waals surface area contributed by atoms with Gasteiger partial charge in [0, 0.05) is 18.1 Å². The zero-order valence-corrected chi connectivity index (χ0v) is 12.8. The molecule has 21 heavy (non-hydrogen) atoms. The summed E-state index contributed by atoms with van der Waals surface area (Å²) < 4.78 is 0. The summed E-state index contributed by atoms with van der Waals surface area (Å²) in [6.07, 6.45) is 1.79. The zero-order valence-electron chi connectivity index (χ0n) is 12.0. The first-order valence-electron chi connectivity index (χ1n) is 6.54. The minimum Gasteiger partial charge on any atom is -0.479 e. The Labute approximate surface area is 128 Å². The second kappa shape index (κ2) is 8.36. The number of urea groups is 1. The Balaban J connectivity index is 2.61. The highest BCUT2D eigenvalue weighted by Crippen LogP contribution is 2.20. The van der Waals surface area contributed by atoms with Crippen LogP contribution >= 0.6 is 11.8 Å². The van der Waals surface area contributed by atoms with Crippen LogP contribution in [0.25, 0.3) is 0 Å². The third-order valence-corrected chi connectivity index (χ3v) is 3.87. The predicted molar refractivity (Wildman–Crippen MR) is 85.5 cm³/mol. The lowest BCUT2D eigenvalue weighted by Crippen LogP contribution is -2.53. The summed E-state index contributed by atoms with van der Waals surface area (Å²) in [4.78, 5) is 23.4. The molecule has 1 atom stereocenters. The fraction of sp³-hybridized carbons (Fsp3) is 0.333. The van der Waals surface area contributed by atoms with Crippen molar-refractivity contribution in [2.45, 2.75) is 12.5 Å². The number of nitrogens with one attached hydrogen (secondary N) is 2. The van der Waals surface area contributed by atoms with E-state index in [0.29, 0.717) is 12.1 Å². The van der Waals surface area contributed by atoms with Crippen LogP contribution in [0, 0.1) is 0 Å². The van der Waals surface area contributed by atoms with Crippen LogP contribution in [0.15, 0.2) is 43.0 Å². The van der Waals surface area contributed by atoms with Crippen molar-refractivity contribution in [1.29, 1.82) is 0 Å². The highest BCUT2D eigenvalue weighted by Gasteiger charge is 2.36. The van der Waals surface area contributed by atoms with Crippen LogP contribution in [0.5, 0.6) is 0 Å². The summed E-state index contributed by atoms with van der Waals surface area (Å²) in [6, 6.07) is 8.12. The summed E-state index contributed by atoms with van der Waals surface area (Å²) >= 11 is 1.64. The second-order valence-corrected chi connectivity index (χ2v) is 5.69. The molecule has 1 rings (SSSR count). The third-order valence-electron chi connectivity index (χ3n) is 2.91. The second-order valence-electron chi connectivity index (χ2n) is 4.54. The number of aliphatic carboxylic acids is 1. The Kier molecular flexibility index (Phi) is 6.81. The number of hydrogen-bond acceptors (Lipinski definition) is 3. The van der Waals surface area contributed by atoms with E-state index < -0.39 is 17.5 Å². The molecule has 0 fully saturated rings. The van der Waals surface area contributed by atoms with Crippen LogP contribution < -0.4 is 10.6 Å². The first-order valence-corrected chi connectivity index (χ1v) is 7.69. The van der Waals surface area contributed by atoms with Gasteiger partial charge in [-0.25, -0.2) is 9.59 Å². The molecule has 0 aromatic heterocycles. The molecule has 0 spiro atoms. The summed E-state index contributed by atoms with van der Waals surface area (Å²) in [5.41, 5.74) is -0.937. The van der Waals surface area contributed by atoms with Crippen LogP contribution in [-0.4, -0.2) is 35.2 Å². The molecular formula is C15H20N2O3S. The molecule has 6 heteroatoms. The molecule has 0 radical (unpaired) electrons. The summed E-state index contributed by atoms with van der Waals surface area (Å²) in [5, 5.41) is 14.6. The van der Waals surface area contributed by atoms with E-state index in [9.17, 15) is 14.7 Å². The van der Waals surface area contributed by atoms with Crippen LogP contribution in [0.1, 0.15) is 12.5 Å². The van der Waals surface area contributed by atoms with Gasteiger partial charge in [0.25, 0.3) is 0 Å². The van der Waals surface area contributed by atoms with E-state index in [-0.39, 0.29) is 0 Å². The fourth-order valence-electron chi connectivity index (χ4n) is 1.70. The van der Waals surface area contributed by atoms with E-state index in [2.05, 4.69) is 17.2 Å². The maximum Gasteiger partial charge on any atom is 0.333 e. The molecule has 5 nitrogen and oxygen atoms in total. The molecule has 2 amide bonds. The van der Waals surface area contributed by atoms with Crippen molar-refractivity contribution in [2.24, 2.45) is 0 Å². The van der Waals surface area contributed by atoms with Crippen LogP contribution in [0.3, 0.4) is 0 Å². The van der Waals surface area contributed by atoms with Crippen molar-refractivity contribution in [1.82, 2.24) is 10.6 Å². The van der Waals surface area contributed by atoms with E-state index in [1.807, 2.05) is 0 Å². The largest absolute Gasteiger partial charge is 0.479 e. The molecular weight excluding hydrogens is 288 g/mol. The van der Waals surface area contributed by atoms with Crippen molar-refractivity contribution < 1.29 is 14.7 Å². The highest BCUT2D eigenvalue weighted by molar-refractivity contribution is 7.99. The third kappa shape index (κ3) is 5.15. The first-order chi connectivity index (χ1) is 10.0. The molecule has 1 aromatic rings. The van der Waals surface area contributed by atoms with Crippen molar-refractivity contribution in [2.75, 3.05) is 18.1 Å². The molecule has 1 aromatic carbocycles. The quantitative estimate of drug-likeness (QED) is 0.508. The van der Waals surface area contributed by atoms with Crippen LogP contribution in [0.4, 0.5) is 4.79 Å². The van der Waals surface area contributed by atoms with Gasteiger partial charge in [-0.2, -0.15) is 11.8 Å². The van der Waals surface area contributed by atoms with Crippen molar-refractivity contribution in [3.05, 3.63) is 48.6 Å². The van der Waals surface area contributed by atoms with E-state index in [0.717, 1.165) is 11.5 Å². The van der Waals surface area contributed by atoms with Crippen LogP contribution in [0.2, 0.25) is 0 Å². The molecule has 0 bridgehead atoms. The van der Waals surface area contributed by atoms with Gasteiger partial charge >= 0.3 is 12.0 Å². The number of rotatable bonds is 8. The lowest BCUT2D eigenvalue weighted by molar-refractivity contribution is -0.144. The Bertz CT molecular complexity index is 493. The smallest absolute Gasteiger partial charge is 0.333 e. The van der Waals surface area contributed by atoms with Crippen molar-refractivity contribution >= 4 is 23.8 Å². The molecule has 0 aliphatic carbocycles. The topological polar surface area (TPSA) is 78.4 Å². The van der Waals surface area contributed by atoms with Gasteiger partial charge in [-0.1, -0.05) is 36.4 Å². The molecule has 0 saturated heterocycles. The first kappa shape index (κ1) is 17.1. The Morgan fingerprint density at radius 3 is 2.62 bits per heavy atom. The molecule has 0 aliphatic heterocycles. The van der Waals surface area contributed by atoms with Crippen LogP contribution in [-0.2, 0) is 10.3 Å². The zero-order chi connectivity index (χ0) is 15.7. The average molecular weight is 308 g/mol. The number of amides is 2. The number of carbonyl (C=O) groups is 2. The maximum atomic E-state index is 11.9. The van der Waals surface area contributed by atoms with Gasteiger partial charge in [0.1, 0.15) is 0 Å². The van der Waals surface area contributed by atoms with E-state index in [4.69, 9.17) is 0 Å². The van der Waals surface area contributed by atoms with Gasteiger partial charge in [0.2, 0.25) is 0 Å². The highest BCUT2D eigenvalue weighted by atomic mass is 32.2. The number of benzene rings is 1. The lowest BCUT2D eigenvalue weighted by atomic mass is 9.92. The van der Waals surface area contributed by atoms with E-state index in [1.54, 1.807) is 48.2 Å². The molecule has 0 aliphatic rings. The van der Waals surface area contributed by atoms with Gasteiger partial charge in [0.05, 0.1) is 0 Å². The summed E-state index contributed by atoms with van der Waals surface area (Å²) in [5.74, 6) is 0.458. The fourth-order valence-corrected chi connectivity index (χ4v) is 2.27. The lowest BCUT2D eigenvalue weighted by Gasteiger charge is -2.26. The molecule has 3 N–H and O–H groups in total. The monoisotopic (exact) mass is 308 g/mol. The number of hydrogen-bond donors (Lipinski definition) is 3. The molecule has 0 saturated carbocycles. The van der Waals surface area contributed by atoms with Crippen molar-refractivity contribution in [3.63, 3.8) is 0 Å². The minimum absolute atomic E-state index is 0.467. The van der Waals surface area contributed by atoms with Gasteiger partial charge in [-0.15, -0.1) is 6.58 Å². The molecule has 0 heterocycles. The molecule has 114 valence electrons. The average Bonchev–Trinajstić information content (AvgIpc) is 2.47. The number of carbonyl (C=O) groups excluding carboxylic acids is 1. The SMILES string of the molecule is C=CCSCCNC(=O)NC(C)(C(=O)O)c1ccccc1. The summed E-state index contributed by atoms with van der Waals surface area (Å²) in [7, 11) is 0. The number of carboxylic acid groups (broad SMARTS) is 1. The van der Waals surface area contributed by atoms with E-state index in [1.165, 1.54) is 6.92 Å². The predicted octanol–water partition coefficient (Wildman–Crippen LogP) is 2.20. The Morgan fingerprint density at radius 2 is 2.05 bits per heavy atom. The van der Waals surface area contributed by atoms with Gasteiger partial charge in [-0.3, -0.25) is 0 Å². The number of carboxylic acids is 1. The van der Waals surface area contributed by atoms with Crippen molar-refractivity contribution in [3.8, 4) is 0 Å². The standard InChI is InChI=1S/C15H20N2O3S/c1-3-10-21-11-9-16-14(20)17-15(2,13(18)19)12-7-5-4-6-8-12/h3-8H,1,9-11H2,2H3,(H,18,19)(H2,16,17,20). The van der Waals surface area contributed by atoms with E-state index >= 15 is 0 Å². The molecule has 1 unspecified atom stereocenters. The normalized spacial score (nSPS) is 13.0. The Hall–Kier alpha value is -1.95. The van der Waals surface area contributed by atoms with Gasteiger partial charge in [-0.05, 0) is 12.5 Å². The summed E-state index contributed by atoms with van der Waals surface area (Å²) in [6.45, 7) is 5.55. The van der Waals surface area contributed by atoms with Gasteiger partial charge < -0.3 is 15.7 Å². The Morgan fingerprint density at radius 1 is 1.38 bits per heavy atom. The maximum absolute atomic E-state index is 11.9. The minimum atomic E-state index is -1.46. The van der Waals surface area contributed by atoms with Gasteiger partial charge in [0.15, 0.2) is 5.54 Å². The number of thioether (sulfide) groups is 1.